The van der Waals surface area contributed by atoms with Crippen molar-refractivity contribution in [2.75, 3.05) is 23.3 Å². The third-order valence-corrected chi connectivity index (χ3v) is 6.52. The zero-order valence-electron chi connectivity index (χ0n) is 20.0. The maximum Gasteiger partial charge on any atom is 0.416 e. The molecular formula is C28H28F3N5. The maximum absolute atomic E-state index is 13.5. The Hall–Kier alpha value is -3.81. The molecule has 0 amide bonds. The third-order valence-electron chi connectivity index (χ3n) is 6.52. The van der Waals surface area contributed by atoms with Crippen LogP contribution in [0.25, 0.3) is 22.5 Å². The Morgan fingerprint density at radius 1 is 0.917 bits per heavy atom. The standard InChI is InChI=1S/C28H28F3N5/c1-19(20-9-4-2-5-10-20)33-24-18-22(13-14-32-24)26-25(21-11-8-12-23(17-21)28(29,30)31)34-27(35-26)36-15-6-3-7-16-36/h2,4-5,8-14,17-19H,3,6-7,15-16H2,1H3,(H,32,33)(H,34,35)/t19-/m0/s1. The second-order valence-electron chi connectivity index (χ2n) is 9.12. The lowest BCUT2D eigenvalue weighted by molar-refractivity contribution is -0.137. The van der Waals surface area contributed by atoms with Crippen LogP contribution in [0.5, 0.6) is 0 Å². The van der Waals surface area contributed by atoms with Crippen molar-refractivity contribution >= 4 is 11.8 Å². The molecule has 0 aliphatic carbocycles. The summed E-state index contributed by atoms with van der Waals surface area (Å²) >= 11 is 0. The van der Waals surface area contributed by atoms with E-state index < -0.39 is 11.7 Å². The van der Waals surface area contributed by atoms with Crippen molar-refractivity contribution in [1.82, 2.24) is 15.0 Å². The number of hydrogen-bond donors (Lipinski definition) is 2. The van der Waals surface area contributed by atoms with Crippen molar-refractivity contribution in [3.05, 3.63) is 84.1 Å². The molecule has 1 aliphatic heterocycles. The van der Waals surface area contributed by atoms with E-state index in [1.165, 1.54) is 12.5 Å². The predicted octanol–water partition coefficient (Wildman–Crippen LogP) is 7.32. The van der Waals surface area contributed by atoms with E-state index in [1.807, 2.05) is 42.5 Å². The quantitative estimate of drug-likeness (QED) is 0.297. The Kier molecular flexibility index (Phi) is 6.67. The van der Waals surface area contributed by atoms with Crippen LogP contribution >= 0.6 is 0 Å². The first-order chi connectivity index (χ1) is 17.4. The number of nitrogens with zero attached hydrogens (tertiary/aromatic N) is 3. The number of H-pyrrole nitrogens is 1. The number of hydrogen-bond acceptors (Lipinski definition) is 4. The van der Waals surface area contributed by atoms with Gasteiger partial charge in [0.15, 0.2) is 0 Å². The van der Waals surface area contributed by atoms with Gasteiger partial charge in [0.05, 0.1) is 17.0 Å². The number of piperidine rings is 1. The van der Waals surface area contributed by atoms with Crippen molar-refractivity contribution < 1.29 is 13.2 Å². The van der Waals surface area contributed by atoms with Gasteiger partial charge in [-0.2, -0.15) is 13.2 Å². The fraction of sp³-hybridized carbons (Fsp3) is 0.286. The van der Waals surface area contributed by atoms with Crippen molar-refractivity contribution in [3.63, 3.8) is 0 Å². The average molecular weight is 492 g/mol. The normalized spacial score (nSPS) is 15.1. The largest absolute Gasteiger partial charge is 0.416 e. The highest BCUT2D eigenvalue weighted by Crippen LogP contribution is 2.37. The van der Waals surface area contributed by atoms with Gasteiger partial charge in [-0.3, -0.25) is 0 Å². The number of pyridine rings is 1. The van der Waals surface area contributed by atoms with E-state index in [1.54, 1.807) is 12.3 Å². The first-order valence-electron chi connectivity index (χ1n) is 12.2. The Balaban J connectivity index is 1.53. The van der Waals surface area contributed by atoms with Gasteiger partial charge in [0.2, 0.25) is 5.95 Å². The molecule has 0 unspecified atom stereocenters. The van der Waals surface area contributed by atoms with E-state index in [-0.39, 0.29) is 6.04 Å². The lowest BCUT2D eigenvalue weighted by Gasteiger charge is -2.26. The molecule has 2 aromatic carbocycles. The van der Waals surface area contributed by atoms with E-state index >= 15 is 0 Å². The van der Waals surface area contributed by atoms with E-state index in [4.69, 9.17) is 4.98 Å². The van der Waals surface area contributed by atoms with Gasteiger partial charge in [0.1, 0.15) is 5.82 Å². The third kappa shape index (κ3) is 5.22. The number of imidazole rings is 1. The summed E-state index contributed by atoms with van der Waals surface area (Å²) in [4.78, 5) is 14.9. The zero-order chi connectivity index (χ0) is 25.1. The Bertz CT molecular complexity index is 1310. The first-order valence-corrected chi connectivity index (χ1v) is 12.2. The van der Waals surface area contributed by atoms with Crippen molar-refractivity contribution in [3.8, 4) is 22.5 Å². The summed E-state index contributed by atoms with van der Waals surface area (Å²) in [6, 6.07) is 19.2. The van der Waals surface area contributed by atoms with Crippen LogP contribution in [0.15, 0.2) is 72.9 Å². The molecule has 2 N–H and O–H groups in total. The predicted molar refractivity (Wildman–Crippen MR) is 137 cm³/mol. The van der Waals surface area contributed by atoms with Crippen LogP contribution in [0.3, 0.4) is 0 Å². The number of aromatic amines is 1. The topological polar surface area (TPSA) is 56.8 Å². The zero-order valence-corrected chi connectivity index (χ0v) is 20.0. The fourth-order valence-corrected chi connectivity index (χ4v) is 4.59. The Morgan fingerprint density at radius 2 is 1.69 bits per heavy atom. The smallest absolute Gasteiger partial charge is 0.364 e. The van der Waals surface area contributed by atoms with Gasteiger partial charge in [0.25, 0.3) is 0 Å². The molecule has 1 aliphatic rings. The summed E-state index contributed by atoms with van der Waals surface area (Å²) in [5, 5.41) is 3.42. The average Bonchev–Trinajstić information content (AvgIpc) is 3.35. The number of rotatable bonds is 6. The number of alkyl halides is 3. The highest BCUT2D eigenvalue weighted by Gasteiger charge is 2.31. The maximum atomic E-state index is 13.5. The molecule has 1 atom stereocenters. The molecule has 5 rings (SSSR count). The minimum Gasteiger partial charge on any atom is -0.364 e. The van der Waals surface area contributed by atoms with Gasteiger partial charge in [-0.1, -0.05) is 42.5 Å². The SMILES string of the molecule is C[C@H](Nc1cc(-c2[nH]c(N3CCCCC3)nc2-c2cccc(C(F)(F)F)c2)ccn1)c1ccccc1. The molecule has 0 bridgehead atoms. The minimum absolute atomic E-state index is 0.0302. The highest BCUT2D eigenvalue weighted by atomic mass is 19.4. The summed E-state index contributed by atoms with van der Waals surface area (Å²) in [5.74, 6) is 1.36. The molecule has 4 aromatic rings. The molecule has 0 saturated carbocycles. The molecule has 3 heterocycles. The van der Waals surface area contributed by atoms with Crippen LogP contribution < -0.4 is 10.2 Å². The number of benzene rings is 2. The summed E-state index contributed by atoms with van der Waals surface area (Å²) in [5.41, 5.74) is 2.83. The monoisotopic (exact) mass is 491 g/mol. The lowest BCUT2D eigenvalue weighted by atomic mass is 10.0. The fourth-order valence-electron chi connectivity index (χ4n) is 4.59. The Morgan fingerprint density at radius 3 is 2.44 bits per heavy atom. The number of aromatic nitrogens is 3. The number of nitrogens with one attached hydrogen (secondary N) is 2. The van der Waals surface area contributed by atoms with E-state index in [2.05, 4.69) is 27.1 Å². The Labute approximate surface area is 208 Å². The van der Waals surface area contributed by atoms with Crippen LogP contribution in [0.4, 0.5) is 24.9 Å². The summed E-state index contributed by atoms with van der Waals surface area (Å²) in [6.45, 7) is 3.79. The number of halogens is 3. The molecule has 8 heteroatoms. The van der Waals surface area contributed by atoms with E-state index in [0.29, 0.717) is 28.7 Å². The molecule has 1 fully saturated rings. The minimum atomic E-state index is -4.43. The summed E-state index contributed by atoms with van der Waals surface area (Å²) in [6.07, 6.45) is 0.574. The van der Waals surface area contributed by atoms with Gasteiger partial charge >= 0.3 is 6.18 Å². The van der Waals surface area contributed by atoms with Crippen LogP contribution in [0, 0.1) is 0 Å². The molecule has 1 saturated heterocycles. The van der Waals surface area contributed by atoms with Crippen LogP contribution in [0.1, 0.15) is 43.4 Å². The second-order valence-corrected chi connectivity index (χ2v) is 9.12. The lowest BCUT2D eigenvalue weighted by Crippen LogP contribution is -2.30. The van der Waals surface area contributed by atoms with Gasteiger partial charge < -0.3 is 15.2 Å². The number of anilines is 2. The van der Waals surface area contributed by atoms with Crippen molar-refractivity contribution in [2.24, 2.45) is 0 Å². The van der Waals surface area contributed by atoms with Gasteiger partial charge in [0, 0.05) is 36.5 Å². The van der Waals surface area contributed by atoms with E-state index in [0.717, 1.165) is 49.2 Å². The first kappa shape index (κ1) is 23.9. The van der Waals surface area contributed by atoms with E-state index in [9.17, 15) is 13.2 Å². The van der Waals surface area contributed by atoms with Gasteiger partial charge in [-0.15, -0.1) is 0 Å². The molecule has 36 heavy (non-hydrogen) atoms. The summed E-state index contributed by atoms with van der Waals surface area (Å²) < 4.78 is 40.4. The summed E-state index contributed by atoms with van der Waals surface area (Å²) in [7, 11) is 0. The van der Waals surface area contributed by atoms with Crippen LogP contribution in [-0.4, -0.2) is 28.0 Å². The van der Waals surface area contributed by atoms with Gasteiger partial charge in [-0.25, -0.2) is 9.97 Å². The molecule has 2 aromatic heterocycles. The molecule has 186 valence electrons. The molecule has 0 spiro atoms. The highest BCUT2D eigenvalue weighted by molar-refractivity contribution is 5.81. The van der Waals surface area contributed by atoms with Crippen LogP contribution in [0.2, 0.25) is 0 Å². The second kappa shape index (κ2) is 10.0. The molecular weight excluding hydrogens is 463 g/mol. The van der Waals surface area contributed by atoms with Crippen molar-refractivity contribution in [2.45, 2.75) is 38.4 Å². The molecule has 0 radical (unpaired) electrons. The van der Waals surface area contributed by atoms with Gasteiger partial charge in [-0.05, 0) is 56.0 Å². The van der Waals surface area contributed by atoms with Crippen LogP contribution in [-0.2, 0) is 6.18 Å². The molecule has 5 nitrogen and oxygen atoms in total. The van der Waals surface area contributed by atoms with Crippen molar-refractivity contribution in [1.29, 1.82) is 0 Å².